The molecule has 20 heavy (non-hydrogen) atoms. The maximum Gasteiger partial charge on any atom is 0.125 e. The fraction of sp³-hybridized carbons (Fsp3) is 0.333. The Bertz CT molecular complexity index is 643. The third kappa shape index (κ3) is 2.95. The standard InChI is InChI=1S/C15H15Cl2N3/c1-10-18-7-12-9-20(5-4-15(12)19-10)8-11-2-3-13(16)14(17)6-11/h2-3,6-7H,4-5,8-9H2,1H3. The smallest absolute Gasteiger partial charge is 0.125 e. The summed E-state index contributed by atoms with van der Waals surface area (Å²) >= 11 is 12.0. The Kier molecular flexibility index (Phi) is 3.92. The highest BCUT2D eigenvalue weighted by molar-refractivity contribution is 6.42. The van der Waals surface area contributed by atoms with Crippen molar-refractivity contribution in [2.24, 2.45) is 0 Å². The van der Waals surface area contributed by atoms with Crippen molar-refractivity contribution < 1.29 is 0 Å². The summed E-state index contributed by atoms with van der Waals surface area (Å²) in [5.41, 5.74) is 3.58. The number of hydrogen-bond acceptors (Lipinski definition) is 3. The molecule has 3 nitrogen and oxygen atoms in total. The molecule has 2 aromatic rings. The lowest BCUT2D eigenvalue weighted by Crippen LogP contribution is -2.31. The molecule has 0 atom stereocenters. The van der Waals surface area contributed by atoms with E-state index in [-0.39, 0.29) is 0 Å². The van der Waals surface area contributed by atoms with Crippen LogP contribution >= 0.6 is 23.2 Å². The first-order chi connectivity index (χ1) is 9.61. The lowest BCUT2D eigenvalue weighted by molar-refractivity contribution is 0.242. The van der Waals surface area contributed by atoms with Crippen LogP contribution in [0.25, 0.3) is 0 Å². The Labute approximate surface area is 128 Å². The Hall–Kier alpha value is -1.16. The summed E-state index contributed by atoms with van der Waals surface area (Å²) in [6, 6.07) is 5.81. The van der Waals surface area contributed by atoms with Crippen molar-refractivity contribution in [1.29, 1.82) is 0 Å². The third-order valence-electron chi connectivity index (χ3n) is 3.52. The molecule has 0 saturated heterocycles. The van der Waals surface area contributed by atoms with E-state index in [4.69, 9.17) is 23.2 Å². The number of rotatable bonds is 2. The molecule has 1 aromatic carbocycles. The molecule has 0 bridgehead atoms. The van der Waals surface area contributed by atoms with Crippen molar-refractivity contribution in [3.63, 3.8) is 0 Å². The molecule has 0 unspecified atom stereocenters. The maximum atomic E-state index is 6.06. The lowest BCUT2D eigenvalue weighted by atomic mass is 10.1. The van der Waals surface area contributed by atoms with Crippen LogP contribution in [-0.4, -0.2) is 21.4 Å². The first-order valence-corrected chi connectivity index (χ1v) is 7.35. The fourth-order valence-corrected chi connectivity index (χ4v) is 2.83. The van der Waals surface area contributed by atoms with E-state index < -0.39 is 0 Å². The molecule has 104 valence electrons. The fourth-order valence-electron chi connectivity index (χ4n) is 2.51. The van der Waals surface area contributed by atoms with Crippen molar-refractivity contribution >= 4 is 23.2 Å². The zero-order valence-corrected chi connectivity index (χ0v) is 12.7. The molecule has 0 amide bonds. The third-order valence-corrected chi connectivity index (χ3v) is 4.26. The first kappa shape index (κ1) is 13.8. The molecule has 3 rings (SSSR count). The molecule has 0 saturated carbocycles. The van der Waals surface area contributed by atoms with Crippen molar-refractivity contribution in [3.8, 4) is 0 Å². The van der Waals surface area contributed by atoms with Gasteiger partial charge in [0.15, 0.2) is 0 Å². The summed E-state index contributed by atoms with van der Waals surface area (Å²) in [4.78, 5) is 11.2. The second-order valence-electron chi connectivity index (χ2n) is 5.10. The zero-order valence-electron chi connectivity index (χ0n) is 11.2. The molecule has 0 spiro atoms. The summed E-state index contributed by atoms with van der Waals surface area (Å²) in [5, 5.41) is 1.21. The zero-order chi connectivity index (χ0) is 14.1. The number of aryl methyl sites for hydroxylation is 1. The van der Waals surface area contributed by atoms with E-state index in [0.717, 1.165) is 31.9 Å². The average molecular weight is 308 g/mol. The molecule has 0 fully saturated rings. The number of fused-ring (bicyclic) bond motifs is 1. The summed E-state index contributed by atoms with van der Waals surface area (Å²) in [6.45, 7) is 4.69. The summed E-state index contributed by atoms with van der Waals surface area (Å²) in [5.74, 6) is 0.849. The molecule has 0 aliphatic carbocycles. The summed E-state index contributed by atoms with van der Waals surface area (Å²) in [7, 11) is 0. The van der Waals surface area contributed by atoms with Crippen molar-refractivity contribution in [3.05, 3.63) is 57.1 Å². The van der Waals surface area contributed by atoms with Gasteiger partial charge in [0.05, 0.1) is 10.0 Å². The Balaban J connectivity index is 1.74. The van der Waals surface area contributed by atoms with Crippen LogP contribution in [0.3, 0.4) is 0 Å². The van der Waals surface area contributed by atoms with Crippen LogP contribution in [0.15, 0.2) is 24.4 Å². The lowest BCUT2D eigenvalue weighted by Gasteiger charge is -2.28. The highest BCUT2D eigenvalue weighted by Crippen LogP contribution is 2.24. The Morgan fingerprint density at radius 3 is 2.90 bits per heavy atom. The van der Waals surface area contributed by atoms with E-state index in [2.05, 4.69) is 14.9 Å². The van der Waals surface area contributed by atoms with Crippen LogP contribution in [0.2, 0.25) is 10.0 Å². The van der Waals surface area contributed by atoms with Gasteiger partial charge in [-0.15, -0.1) is 0 Å². The molecule has 1 aliphatic rings. The molecule has 2 heterocycles. The minimum atomic E-state index is 0.600. The number of nitrogens with zero attached hydrogens (tertiary/aromatic N) is 3. The quantitative estimate of drug-likeness (QED) is 0.848. The predicted molar refractivity (Wildman–Crippen MR) is 81.0 cm³/mol. The van der Waals surface area contributed by atoms with Gasteiger partial charge < -0.3 is 0 Å². The Morgan fingerprint density at radius 2 is 2.10 bits per heavy atom. The second kappa shape index (κ2) is 5.68. The molecule has 1 aliphatic heterocycles. The van der Waals surface area contributed by atoms with Crippen molar-refractivity contribution in [1.82, 2.24) is 14.9 Å². The SMILES string of the molecule is Cc1ncc2c(n1)CCN(Cc1ccc(Cl)c(Cl)c1)C2. The van der Waals surface area contributed by atoms with Crippen LogP contribution < -0.4 is 0 Å². The van der Waals surface area contributed by atoms with Gasteiger partial charge in [0.1, 0.15) is 5.82 Å². The van der Waals surface area contributed by atoms with E-state index >= 15 is 0 Å². The van der Waals surface area contributed by atoms with Gasteiger partial charge in [0.2, 0.25) is 0 Å². The van der Waals surface area contributed by atoms with Crippen LogP contribution in [0.5, 0.6) is 0 Å². The van der Waals surface area contributed by atoms with Gasteiger partial charge in [-0.2, -0.15) is 0 Å². The average Bonchev–Trinajstić information content (AvgIpc) is 2.43. The highest BCUT2D eigenvalue weighted by Gasteiger charge is 2.18. The monoisotopic (exact) mass is 307 g/mol. The molecule has 0 N–H and O–H groups in total. The predicted octanol–water partition coefficient (Wildman–Crippen LogP) is 3.65. The van der Waals surface area contributed by atoms with E-state index in [1.807, 2.05) is 31.3 Å². The minimum Gasteiger partial charge on any atom is -0.294 e. The van der Waals surface area contributed by atoms with Gasteiger partial charge in [0, 0.05) is 43.5 Å². The Morgan fingerprint density at radius 1 is 1.25 bits per heavy atom. The number of aromatic nitrogens is 2. The highest BCUT2D eigenvalue weighted by atomic mass is 35.5. The van der Waals surface area contributed by atoms with E-state index in [1.54, 1.807) is 0 Å². The molecule has 1 aromatic heterocycles. The molecular formula is C15H15Cl2N3. The van der Waals surface area contributed by atoms with Crippen LogP contribution in [-0.2, 0) is 19.5 Å². The first-order valence-electron chi connectivity index (χ1n) is 6.59. The van der Waals surface area contributed by atoms with Gasteiger partial charge in [-0.05, 0) is 24.6 Å². The van der Waals surface area contributed by atoms with Crippen molar-refractivity contribution in [2.45, 2.75) is 26.4 Å². The number of benzene rings is 1. The summed E-state index contributed by atoms with van der Waals surface area (Å²) in [6.07, 6.45) is 2.92. The van der Waals surface area contributed by atoms with E-state index in [1.165, 1.54) is 16.8 Å². The van der Waals surface area contributed by atoms with Gasteiger partial charge >= 0.3 is 0 Å². The van der Waals surface area contributed by atoms with Gasteiger partial charge in [0.25, 0.3) is 0 Å². The van der Waals surface area contributed by atoms with Crippen LogP contribution in [0, 0.1) is 6.92 Å². The number of halogens is 2. The largest absolute Gasteiger partial charge is 0.294 e. The van der Waals surface area contributed by atoms with Gasteiger partial charge in [-0.3, -0.25) is 4.90 Å². The molecule has 0 radical (unpaired) electrons. The van der Waals surface area contributed by atoms with Gasteiger partial charge in [-0.1, -0.05) is 29.3 Å². The van der Waals surface area contributed by atoms with E-state index in [9.17, 15) is 0 Å². The minimum absolute atomic E-state index is 0.600. The van der Waals surface area contributed by atoms with Crippen molar-refractivity contribution in [2.75, 3.05) is 6.54 Å². The van der Waals surface area contributed by atoms with Gasteiger partial charge in [-0.25, -0.2) is 9.97 Å². The molecule has 5 heteroatoms. The summed E-state index contributed by atoms with van der Waals surface area (Å²) < 4.78 is 0. The van der Waals surface area contributed by atoms with Crippen LogP contribution in [0.4, 0.5) is 0 Å². The van der Waals surface area contributed by atoms with E-state index in [0.29, 0.717) is 10.0 Å². The topological polar surface area (TPSA) is 29.0 Å². The molecular weight excluding hydrogens is 293 g/mol. The van der Waals surface area contributed by atoms with Crippen LogP contribution in [0.1, 0.15) is 22.6 Å². The normalized spacial score (nSPS) is 15.2. The second-order valence-corrected chi connectivity index (χ2v) is 5.91. The number of hydrogen-bond donors (Lipinski definition) is 0. The maximum absolute atomic E-state index is 6.06.